The first kappa shape index (κ1) is 15.2. The minimum atomic E-state index is -3.81. The summed E-state index contributed by atoms with van der Waals surface area (Å²) in [6, 6.07) is 0. The summed E-state index contributed by atoms with van der Waals surface area (Å²) in [4.78, 5) is 0. The van der Waals surface area contributed by atoms with Gasteiger partial charge in [0.25, 0.3) is 10.1 Å². The van der Waals surface area contributed by atoms with Gasteiger partial charge in [-0.05, 0) is 5.41 Å². The molecule has 0 aliphatic carbocycles. The molecule has 0 fully saturated rings. The van der Waals surface area contributed by atoms with Gasteiger partial charge in [0.05, 0.1) is 18.1 Å². The van der Waals surface area contributed by atoms with Crippen LogP contribution in [0.25, 0.3) is 0 Å². The van der Waals surface area contributed by atoms with Gasteiger partial charge in [-0.15, -0.1) is 0 Å². The third kappa shape index (κ3) is 10.4. The molecule has 0 aliphatic rings. The molecule has 0 aromatic rings. The van der Waals surface area contributed by atoms with Crippen LogP contribution in [-0.4, -0.2) is 34.9 Å². The van der Waals surface area contributed by atoms with Crippen molar-refractivity contribution < 1.29 is 21.0 Å². The largest absolute Gasteiger partial charge is 0.270 e. The fourth-order valence-corrected chi connectivity index (χ4v) is 3.36. The average molecular weight is 279 g/mol. The van der Waals surface area contributed by atoms with Crippen molar-refractivity contribution >= 4 is 29.9 Å². The van der Waals surface area contributed by atoms with Gasteiger partial charge in [-0.1, -0.05) is 20.8 Å². The lowest BCUT2D eigenvalue weighted by atomic mass is 9.99. The van der Waals surface area contributed by atoms with E-state index in [4.69, 9.17) is 10.7 Å². The molecular weight excluding hydrogens is 264 g/mol. The number of hydrogen-bond donors (Lipinski definition) is 0. The van der Waals surface area contributed by atoms with Crippen molar-refractivity contribution in [3.8, 4) is 0 Å². The molecule has 0 atom stereocenters. The highest BCUT2D eigenvalue weighted by atomic mass is 35.7. The van der Waals surface area contributed by atoms with E-state index in [2.05, 4.69) is 4.18 Å². The molecule has 0 aromatic carbocycles. The second-order valence-electron chi connectivity index (χ2n) is 4.33. The maximum Gasteiger partial charge on any atom is 0.268 e. The van der Waals surface area contributed by atoms with Crippen molar-refractivity contribution in [1.82, 2.24) is 0 Å². The first-order valence-corrected chi connectivity index (χ1v) is 8.26. The van der Waals surface area contributed by atoms with Gasteiger partial charge in [0.1, 0.15) is 0 Å². The molecule has 92 valence electrons. The van der Waals surface area contributed by atoms with Gasteiger partial charge in [-0.25, -0.2) is 8.42 Å². The highest BCUT2D eigenvalue weighted by Gasteiger charge is 2.20. The van der Waals surface area contributed by atoms with Gasteiger partial charge in [0.2, 0.25) is 9.05 Å². The predicted octanol–water partition coefficient (Wildman–Crippen LogP) is 0.948. The Morgan fingerprint density at radius 2 is 1.53 bits per heavy atom. The summed E-state index contributed by atoms with van der Waals surface area (Å²) in [6.07, 6.45) is 0. The Kier molecular flexibility index (Phi) is 5.04. The quantitative estimate of drug-likeness (QED) is 0.553. The van der Waals surface area contributed by atoms with E-state index in [0.717, 1.165) is 0 Å². The smallest absolute Gasteiger partial charge is 0.268 e. The zero-order valence-corrected chi connectivity index (χ0v) is 11.2. The molecule has 0 radical (unpaired) electrons. The molecule has 15 heavy (non-hydrogen) atoms. The van der Waals surface area contributed by atoms with Crippen LogP contribution in [0, 0.1) is 5.41 Å². The first-order valence-electron chi connectivity index (χ1n) is 4.21. The predicted molar refractivity (Wildman–Crippen MR) is 58.8 cm³/mol. The molecule has 0 rings (SSSR count). The molecule has 8 heteroatoms. The Morgan fingerprint density at radius 3 is 1.87 bits per heavy atom. The first-order chi connectivity index (χ1) is 6.41. The van der Waals surface area contributed by atoms with Crippen molar-refractivity contribution in [2.24, 2.45) is 5.41 Å². The number of halogens is 1. The highest BCUT2D eigenvalue weighted by molar-refractivity contribution is 8.14. The molecule has 0 amide bonds. The van der Waals surface area contributed by atoms with E-state index in [1.54, 1.807) is 20.8 Å². The maximum atomic E-state index is 11.2. The van der Waals surface area contributed by atoms with E-state index in [1.165, 1.54) is 0 Å². The summed E-state index contributed by atoms with van der Waals surface area (Å²) in [5.74, 6) is -1.25. The lowest BCUT2D eigenvalue weighted by molar-refractivity contribution is 0.204. The summed E-state index contributed by atoms with van der Waals surface area (Å²) in [5.41, 5.74) is -0.299. The zero-order chi connectivity index (χ0) is 12.3. The summed E-state index contributed by atoms with van der Waals surface area (Å²) in [6.45, 7) is 5.43. The molecule has 0 saturated carbocycles. The zero-order valence-electron chi connectivity index (χ0n) is 8.86. The van der Waals surface area contributed by atoms with Crippen molar-refractivity contribution in [2.75, 3.05) is 18.1 Å². The topological polar surface area (TPSA) is 77.5 Å². The standard InChI is InChI=1S/C7H15ClO5S2/c1-7(2,3)6-13-15(11,12)5-4-14(8,9)10/h4-6H2,1-3H3. The molecular formula is C7H15ClO5S2. The Hall–Kier alpha value is 0.150. The molecule has 0 unspecified atom stereocenters. The maximum absolute atomic E-state index is 11.2. The van der Waals surface area contributed by atoms with E-state index < -0.39 is 30.7 Å². The number of rotatable bonds is 5. The van der Waals surface area contributed by atoms with Gasteiger partial charge in [-0.2, -0.15) is 8.42 Å². The van der Waals surface area contributed by atoms with Crippen LogP contribution in [0.5, 0.6) is 0 Å². The second-order valence-corrected chi connectivity index (χ2v) is 8.98. The van der Waals surface area contributed by atoms with Crippen molar-refractivity contribution in [1.29, 1.82) is 0 Å². The third-order valence-corrected chi connectivity index (χ3v) is 3.84. The van der Waals surface area contributed by atoms with Crippen LogP contribution < -0.4 is 0 Å². The highest BCUT2D eigenvalue weighted by Crippen LogP contribution is 2.14. The summed E-state index contributed by atoms with van der Waals surface area (Å²) in [5, 5.41) is 0. The summed E-state index contributed by atoms with van der Waals surface area (Å²) >= 11 is 0. The van der Waals surface area contributed by atoms with Gasteiger partial charge in [0, 0.05) is 10.7 Å². The van der Waals surface area contributed by atoms with Crippen LogP contribution in [0.3, 0.4) is 0 Å². The third-order valence-electron chi connectivity index (χ3n) is 1.25. The molecule has 0 N–H and O–H groups in total. The van der Waals surface area contributed by atoms with E-state index in [0.29, 0.717) is 0 Å². The Morgan fingerprint density at radius 1 is 1.07 bits per heavy atom. The van der Waals surface area contributed by atoms with Crippen molar-refractivity contribution in [2.45, 2.75) is 20.8 Å². The van der Waals surface area contributed by atoms with E-state index in [1.807, 2.05) is 0 Å². The van der Waals surface area contributed by atoms with E-state index >= 15 is 0 Å². The molecule has 0 saturated heterocycles. The van der Waals surface area contributed by atoms with Gasteiger partial charge in [-0.3, -0.25) is 4.18 Å². The summed E-state index contributed by atoms with van der Waals surface area (Å²) in [7, 11) is -2.73. The fourth-order valence-electron chi connectivity index (χ4n) is 0.527. The summed E-state index contributed by atoms with van der Waals surface area (Å²) < 4.78 is 48.0. The van der Waals surface area contributed by atoms with Gasteiger partial charge >= 0.3 is 0 Å². The van der Waals surface area contributed by atoms with Crippen LogP contribution >= 0.6 is 10.7 Å². The normalized spacial score (nSPS) is 14.1. The van der Waals surface area contributed by atoms with Crippen LogP contribution in [0.1, 0.15) is 20.8 Å². The van der Waals surface area contributed by atoms with Crippen LogP contribution in [0.15, 0.2) is 0 Å². The van der Waals surface area contributed by atoms with Crippen LogP contribution in [0.2, 0.25) is 0 Å². The van der Waals surface area contributed by atoms with Crippen molar-refractivity contribution in [3.63, 3.8) is 0 Å². The monoisotopic (exact) mass is 278 g/mol. The Balaban J connectivity index is 4.23. The van der Waals surface area contributed by atoms with Crippen LogP contribution in [0.4, 0.5) is 0 Å². The van der Waals surface area contributed by atoms with Gasteiger partial charge < -0.3 is 0 Å². The lowest BCUT2D eigenvalue weighted by Crippen LogP contribution is -2.22. The molecule has 0 aliphatic heterocycles. The van der Waals surface area contributed by atoms with E-state index in [-0.39, 0.29) is 12.0 Å². The van der Waals surface area contributed by atoms with E-state index in [9.17, 15) is 16.8 Å². The Bertz CT molecular complexity index is 390. The minimum absolute atomic E-state index is 0.0116. The minimum Gasteiger partial charge on any atom is -0.270 e. The number of hydrogen-bond acceptors (Lipinski definition) is 5. The Labute approximate surface area is 95.3 Å². The van der Waals surface area contributed by atoms with Crippen molar-refractivity contribution in [3.05, 3.63) is 0 Å². The fraction of sp³-hybridized carbons (Fsp3) is 1.00. The molecule has 0 aromatic heterocycles. The second kappa shape index (κ2) is 4.99. The average Bonchev–Trinajstić information content (AvgIpc) is 1.96. The lowest BCUT2D eigenvalue weighted by Gasteiger charge is -2.17. The molecule has 5 nitrogen and oxygen atoms in total. The SMILES string of the molecule is CC(C)(C)COS(=O)(=O)CCS(=O)(=O)Cl. The van der Waals surface area contributed by atoms with Crippen LogP contribution in [-0.2, 0) is 23.4 Å². The molecule has 0 bridgehead atoms. The molecule has 0 spiro atoms. The molecule has 0 heterocycles. The van der Waals surface area contributed by atoms with Gasteiger partial charge in [0.15, 0.2) is 0 Å².